The zero-order valence-electron chi connectivity index (χ0n) is 31.7. The SMILES string of the molecule is CC(C)(O)COc1ccc2c(c1)CCC2.CC(C)(O)COc1ccc2c(c1)N(C(=O)Cc1ccc(Br)cc1)CC2.O=COCc1ccc(Br)cc1.[2H]CF. The Morgan fingerprint density at radius 1 is 0.792 bits per heavy atom. The standard InChI is InChI=1S/C20H22BrNO3.C13H18O2.C8H7BrO2.CH3F/c1-20(2,24)13-25-17-8-5-15-9-10-22(18(15)12-17)19(23)11-14-3-6-16(21)7-4-14;1-13(2,14)9-15-12-7-6-10-4-3-5-11(10)8-12;9-8-3-1-7(2-4-8)5-11-6-10;1-2/h3-8,12,24H,9-11,13H2,1-2H3;6-8,14H,3-5,9H2,1-2H3;1-4,6H,5H2;1H3/i;;;1D. The fourth-order valence-electron chi connectivity index (χ4n) is 5.45. The molecule has 11 heteroatoms. The highest BCUT2D eigenvalue weighted by molar-refractivity contribution is 9.10. The molecule has 0 spiro atoms. The van der Waals surface area contributed by atoms with E-state index in [0.29, 0.717) is 38.4 Å². The van der Waals surface area contributed by atoms with Crippen LogP contribution in [0.25, 0.3) is 0 Å². The number of amides is 1. The third-order valence-corrected chi connectivity index (χ3v) is 9.06. The van der Waals surface area contributed by atoms with Gasteiger partial charge in [0.05, 0.1) is 31.8 Å². The Bertz CT molecular complexity index is 1760. The van der Waals surface area contributed by atoms with E-state index in [2.05, 4.69) is 48.7 Å². The number of carbonyl (C=O) groups is 2. The normalized spacial score (nSPS) is 13.0. The van der Waals surface area contributed by atoms with E-state index in [1.165, 1.54) is 24.0 Å². The number of halogens is 3. The lowest BCUT2D eigenvalue weighted by molar-refractivity contribution is -0.129. The van der Waals surface area contributed by atoms with Gasteiger partial charge in [-0.05, 0) is 124 Å². The number of alkyl halides is 1. The van der Waals surface area contributed by atoms with Gasteiger partial charge in [0, 0.05) is 21.6 Å². The zero-order valence-corrected chi connectivity index (χ0v) is 33.9. The maximum absolute atomic E-state index is 12.7. The van der Waals surface area contributed by atoms with Crippen molar-refractivity contribution in [2.75, 3.05) is 31.8 Å². The second-order valence-corrected chi connectivity index (χ2v) is 15.7. The van der Waals surface area contributed by atoms with Gasteiger partial charge in [-0.2, -0.15) is 0 Å². The molecule has 286 valence electrons. The molecule has 4 aromatic carbocycles. The number of anilines is 1. The summed E-state index contributed by atoms with van der Waals surface area (Å²) in [5, 5.41) is 19.4. The maximum Gasteiger partial charge on any atom is 0.293 e. The first kappa shape index (κ1) is 42.0. The molecule has 0 unspecified atom stereocenters. The molecule has 2 N–H and O–H groups in total. The van der Waals surface area contributed by atoms with Crippen molar-refractivity contribution in [1.29, 1.82) is 0 Å². The van der Waals surface area contributed by atoms with Crippen molar-refractivity contribution in [2.45, 2.75) is 77.6 Å². The molecule has 2 aliphatic rings. The smallest absolute Gasteiger partial charge is 0.293 e. The average molecular weight is 861 g/mol. The summed E-state index contributed by atoms with van der Waals surface area (Å²) in [5.74, 6) is 1.63. The van der Waals surface area contributed by atoms with Gasteiger partial charge in [0.2, 0.25) is 5.91 Å². The molecule has 0 aromatic heterocycles. The summed E-state index contributed by atoms with van der Waals surface area (Å²) in [6, 6.07) is 27.5. The van der Waals surface area contributed by atoms with Gasteiger partial charge in [0.1, 0.15) is 31.3 Å². The fourth-order valence-corrected chi connectivity index (χ4v) is 5.98. The number of carbonyl (C=O) groups excluding carboxylic acids is 2. The van der Waals surface area contributed by atoms with Crippen molar-refractivity contribution in [2.24, 2.45) is 0 Å². The van der Waals surface area contributed by atoms with Crippen LogP contribution in [-0.2, 0) is 46.6 Å². The number of hydrogen-bond acceptors (Lipinski definition) is 7. The first-order valence-electron chi connectivity index (χ1n) is 18.0. The van der Waals surface area contributed by atoms with Gasteiger partial charge in [0.25, 0.3) is 6.47 Å². The van der Waals surface area contributed by atoms with Crippen LogP contribution in [0.2, 0.25) is 0 Å². The largest absolute Gasteiger partial charge is 0.491 e. The van der Waals surface area contributed by atoms with Crippen LogP contribution in [0.15, 0.2) is 93.9 Å². The molecule has 8 nitrogen and oxygen atoms in total. The average Bonchev–Trinajstić information content (AvgIpc) is 3.78. The van der Waals surface area contributed by atoms with Crippen LogP contribution in [0, 0.1) is 0 Å². The Hall–Kier alpha value is -3.77. The van der Waals surface area contributed by atoms with Crippen LogP contribution in [0.4, 0.5) is 10.1 Å². The highest BCUT2D eigenvalue weighted by Crippen LogP contribution is 2.33. The Kier molecular flexibility index (Phi) is 16.8. The molecule has 1 aliphatic heterocycles. The highest BCUT2D eigenvalue weighted by Gasteiger charge is 2.25. The van der Waals surface area contributed by atoms with E-state index in [1.807, 2.05) is 77.7 Å². The number of fused-ring (bicyclic) bond motifs is 2. The summed E-state index contributed by atoms with van der Waals surface area (Å²) in [6.45, 7) is 8.94. The van der Waals surface area contributed by atoms with E-state index < -0.39 is 18.4 Å². The summed E-state index contributed by atoms with van der Waals surface area (Å²) in [4.78, 5) is 24.4. The van der Waals surface area contributed by atoms with Gasteiger partial charge in [-0.1, -0.05) is 68.3 Å². The lowest BCUT2D eigenvalue weighted by Gasteiger charge is -2.20. The van der Waals surface area contributed by atoms with Crippen LogP contribution in [0.3, 0.4) is 0 Å². The topological polar surface area (TPSA) is 106 Å². The van der Waals surface area contributed by atoms with E-state index in [1.54, 1.807) is 27.7 Å². The van der Waals surface area contributed by atoms with Gasteiger partial charge in [-0.3, -0.25) is 14.0 Å². The van der Waals surface area contributed by atoms with E-state index in [-0.39, 0.29) is 12.5 Å². The van der Waals surface area contributed by atoms with Crippen molar-refractivity contribution >= 4 is 49.9 Å². The molecule has 4 aromatic rings. The number of ether oxygens (including phenoxy) is 3. The van der Waals surface area contributed by atoms with Gasteiger partial charge in [-0.15, -0.1) is 0 Å². The third kappa shape index (κ3) is 15.6. The first-order valence-corrected chi connectivity index (χ1v) is 18.8. The summed E-state index contributed by atoms with van der Waals surface area (Å²) in [5.41, 5.74) is 5.25. The minimum absolute atomic E-state index is 0.0840. The zero-order chi connectivity index (χ0) is 39.7. The van der Waals surface area contributed by atoms with Crippen LogP contribution in [0.5, 0.6) is 11.5 Å². The Balaban J connectivity index is 0.000000229. The number of aryl methyl sites for hydroxylation is 2. The van der Waals surface area contributed by atoms with Crippen LogP contribution in [-0.4, -0.2) is 60.7 Å². The van der Waals surface area contributed by atoms with Gasteiger partial charge in [-0.25, -0.2) is 0 Å². The highest BCUT2D eigenvalue weighted by atomic mass is 79.9. The van der Waals surface area contributed by atoms with E-state index in [9.17, 15) is 24.2 Å². The van der Waals surface area contributed by atoms with Gasteiger partial charge in [0.15, 0.2) is 0 Å². The molecule has 6 rings (SSSR count). The minimum Gasteiger partial charge on any atom is -0.491 e. The van der Waals surface area contributed by atoms with E-state index in [0.717, 1.165) is 49.9 Å². The second-order valence-electron chi connectivity index (χ2n) is 13.9. The summed E-state index contributed by atoms with van der Waals surface area (Å²) in [6.07, 6.45) is 4.84. The quantitative estimate of drug-likeness (QED) is 0.145. The Labute approximate surface area is 330 Å². The number of benzene rings is 4. The van der Waals surface area contributed by atoms with E-state index >= 15 is 0 Å². The molecule has 1 heterocycles. The second kappa shape index (κ2) is 21.2. The van der Waals surface area contributed by atoms with Crippen LogP contribution >= 0.6 is 31.9 Å². The molecule has 0 bridgehead atoms. The molecule has 1 aliphatic carbocycles. The monoisotopic (exact) mass is 858 g/mol. The van der Waals surface area contributed by atoms with Crippen molar-refractivity contribution in [1.82, 2.24) is 0 Å². The molecule has 0 fully saturated rings. The summed E-state index contributed by atoms with van der Waals surface area (Å²) < 4.78 is 33.3. The number of rotatable bonds is 11. The van der Waals surface area contributed by atoms with Crippen LogP contribution < -0.4 is 14.4 Å². The van der Waals surface area contributed by atoms with Gasteiger partial charge < -0.3 is 29.3 Å². The van der Waals surface area contributed by atoms with Crippen LogP contribution in [0.1, 0.15) is 63.3 Å². The molecule has 0 saturated heterocycles. The minimum atomic E-state index is -1.00. The third-order valence-electron chi connectivity index (χ3n) is 8.01. The molecule has 0 radical (unpaired) electrons. The van der Waals surface area contributed by atoms with Crippen molar-refractivity contribution in [3.8, 4) is 11.5 Å². The predicted molar refractivity (Wildman–Crippen MR) is 214 cm³/mol. The summed E-state index contributed by atoms with van der Waals surface area (Å²) in [7, 11) is -1.00. The molecular formula is C42H50Br2FNO7. The van der Waals surface area contributed by atoms with Crippen molar-refractivity contribution in [3.05, 3.63) is 122 Å². The van der Waals surface area contributed by atoms with E-state index in [4.69, 9.17) is 10.8 Å². The molecule has 0 saturated carbocycles. The first-order chi connectivity index (χ1) is 25.6. The van der Waals surface area contributed by atoms with Crippen molar-refractivity contribution in [3.63, 3.8) is 0 Å². The molecule has 53 heavy (non-hydrogen) atoms. The molecule has 0 atom stereocenters. The maximum atomic E-state index is 12.7. The summed E-state index contributed by atoms with van der Waals surface area (Å²) >= 11 is 6.71. The number of aliphatic hydroxyl groups is 2. The predicted octanol–water partition coefficient (Wildman–Crippen LogP) is 8.76. The number of hydrogen-bond donors (Lipinski definition) is 2. The van der Waals surface area contributed by atoms with Crippen molar-refractivity contribution < 1.29 is 39.8 Å². The fraction of sp³-hybridized carbons (Fsp3) is 0.381. The number of nitrogens with zero attached hydrogens (tertiary/aromatic N) is 1. The lowest BCUT2D eigenvalue weighted by atomic mass is 10.1. The molecular weight excluding hydrogens is 809 g/mol. The molecule has 1 amide bonds. The Morgan fingerprint density at radius 2 is 1.30 bits per heavy atom. The lowest BCUT2D eigenvalue weighted by Crippen LogP contribution is -2.30. The van der Waals surface area contributed by atoms with Gasteiger partial charge >= 0.3 is 0 Å². The Morgan fingerprint density at radius 3 is 1.85 bits per heavy atom.